The number of halogens is 1. The summed E-state index contributed by atoms with van der Waals surface area (Å²) < 4.78 is 23.7. The molecule has 0 aliphatic rings. The molecule has 0 aliphatic heterocycles. The van der Waals surface area contributed by atoms with Gasteiger partial charge in [0, 0.05) is 7.05 Å². The zero-order chi connectivity index (χ0) is 14.9. The fraction of sp³-hybridized carbons (Fsp3) is 0.300. The van der Waals surface area contributed by atoms with Gasteiger partial charge in [-0.3, -0.25) is 0 Å². The summed E-state index contributed by atoms with van der Waals surface area (Å²) in [6.45, 7) is 1.68. The van der Waals surface area contributed by atoms with E-state index in [0.717, 1.165) is 10.3 Å². The van der Waals surface area contributed by atoms with E-state index in [9.17, 15) is 8.42 Å². The van der Waals surface area contributed by atoms with E-state index in [1.165, 1.54) is 12.4 Å². The van der Waals surface area contributed by atoms with Crippen molar-refractivity contribution in [2.45, 2.75) is 6.92 Å². The van der Waals surface area contributed by atoms with Gasteiger partial charge in [0.25, 0.3) is 10.0 Å². The van der Waals surface area contributed by atoms with Crippen molar-refractivity contribution in [3.05, 3.63) is 23.1 Å². The number of nitrogens with zero attached hydrogens (tertiary/aromatic N) is 4. The van der Waals surface area contributed by atoms with Gasteiger partial charge < -0.3 is 10.6 Å². The van der Waals surface area contributed by atoms with Crippen molar-refractivity contribution in [1.29, 1.82) is 0 Å². The summed E-state index contributed by atoms with van der Waals surface area (Å²) in [5.74, 6) is 0.757. The van der Waals surface area contributed by atoms with E-state index in [2.05, 4.69) is 25.7 Å². The van der Waals surface area contributed by atoms with Gasteiger partial charge in [-0.25, -0.2) is 13.4 Å². The second-order valence-corrected chi connectivity index (χ2v) is 6.28. The van der Waals surface area contributed by atoms with E-state index in [4.69, 9.17) is 11.6 Å². The maximum Gasteiger partial charge on any atom is 0.250 e. The molecule has 0 radical (unpaired) electrons. The first kappa shape index (κ1) is 14.5. The molecule has 0 saturated heterocycles. The number of anilines is 3. The molecule has 0 bridgehead atoms. The van der Waals surface area contributed by atoms with Gasteiger partial charge in [0.05, 0.1) is 30.0 Å². The highest BCUT2D eigenvalue weighted by molar-refractivity contribution is 7.89. The van der Waals surface area contributed by atoms with Crippen LogP contribution in [0.15, 0.2) is 12.4 Å². The Labute approximate surface area is 121 Å². The van der Waals surface area contributed by atoms with Crippen LogP contribution in [0.25, 0.3) is 0 Å². The van der Waals surface area contributed by atoms with Crippen molar-refractivity contribution in [1.82, 2.24) is 19.2 Å². The number of nitrogens with one attached hydrogen (secondary N) is 2. The minimum Gasteiger partial charge on any atom is -0.372 e. The molecular formula is C10H13ClN6O2S. The van der Waals surface area contributed by atoms with Gasteiger partial charge >= 0.3 is 0 Å². The SMILES string of the molecule is CNc1nc(Nc2cn(S(C)(=O)=O)nc2C)ncc1Cl. The van der Waals surface area contributed by atoms with Gasteiger partial charge in [-0.1, -0.05) is 11.6 Å². The van der Waals surface area contributed by atoms with Gasteiger partial charge in [-0.2, -0.15) is 14.2 Å². The lowest BCUT2D eigenvalue weighted by Gasteiger charge is -2.06. The summed E-state index contributed by atoms with van der Waals surface area (Å²) in [6.07, 6.45) is 3.88. The smallest absolute Gasteiger partial charge is 0.250 e. The van der Waals surface area contributed by atoms with Gasteiger partial charge in [-0.15, -0.1) is 0 Å². The standard InChI is InChI=1S/C10H13ClN6O2S/c1-6-8(5-17(16-6)20(3,18)19)14-10-13-4-7(11)9(12-2)15-10/h4-5H,1-3H3,(H2,12,13,14,15). The molecule has 2 aromatic rings. The maximum absolute atomic E-state index is 11.4. The molecule has 10 heteroatoms. The Bertz CT molecular complexity index is 742. The highest BCUT2D eigenvalue weighted by Gasteiger charge is 2.13. The molecule has 2 N–H and O–H groups in total. The first-order valence-corrected chi connectivity index (χ1v) is 7.78. The van der Waals surface area contributed by atoms with E-state index in [1.54, 1.807) is 14.0 Å². The third-order valence-electron chi connectivity index (χ3n) is 2.45. The van der Waals surface area contributed by atoms with Crippen LogP contribution in [0.5, 0.6) is 0 Å². The predicted molar refractivity (Wildman–Crippen MR) is 77.1 cm³/mol. The van der Waals surface area contributed by atoms with Crippen molar-refractivity contribution >= 4 is 39.1 Å². The van der Waals surface area contributed by atoms with Crippen LogP contribution in [-0.4, -0.2) is 40.9 Å². The Balaban J connectivity index is 2.33. The minimum atomic E-state index is -3.43. The van der Waals surface area contributed by atoms with Gasteiger partial charge in [-0.05, 0) is 6.92 Å². The van der Waals surface area contributed by atoms with Crippen LogP contribution < -0.4 is 10.6 Å². The number of rotatable bonds is 4. The molecule has 0 saturated carbocycles. The lowest BCUT2D eigenvalue weighted by molar-refractivity contribution is 0.586. The van der Waals surface area contributed by atoms with Gasteiger partial charge in [0.15, 0.2) is 0 Å². The van der Waals surface area contributed by atoms with Crippen molar-refractivity contribution in [2.75, 3.05) is 23.9 Å². The molecular weight excluding hydrogens is 304 g/mol. The zero-order valence-corrected chi connectivity index (χ0v) is 12.6. The summed E-state index contributed by atoms with van der Waals surface area (Å²) >= 11 is 5.88. The third-order valence-corrected chi connectivity index (χ3v) is 3.59. The summed E-state index contributed by atoms with van der Waals surface area (Å²) in [5.41, 5.74) is 1.01. The molecule has 0 spiro atoms. The summed E-state index contributed by atoms with van der Waals surface area (Å²) in [6, 6.07) is 0. The van der Waals surface area contributed by atoms with Crippen molar-refractivity contribution in [2.24, 2.45) is 0 Å². The lowest BCUT2D eigenvalue weighted by atomic mass is 10.4. The Morgan fingerprint density at radius 1 is 1.40 bits per heavy atom. The average Bonchev–Trinajstić information content (AvgIpc) is 2.73. The predicted octanol–water partition coefficient (Wildman–Crippen LogP) is 1.23. The molecule has 0 atom stereocenters. The summed E-state index contributed by atoms with van der Waals surface area (Å²) in [7, 11) is -1.74. The first-order chi connectivity index (χ1) is 9.31. The first-order valence-electron chi connectivity index (χ1n) is 5.55. The Morgan fingerprint density at radius 2 is 2.10 bits per heavy atom. The van der Waals surface area contributed by atoms with Crippen molar-refractivity contribution in [3.63, 3.8) is 0 Å². The molecule has 0 aliphatic carbocycles. The van der Waals surface area contributed by atoms with Crippen LogP contribution in [0.4, 0.5) is 17.5 Å². The lowest BCUT2D eigenvalue weighted by Crippen LogP contribution is -2.10. The highest BCUT2D eigenvalue weighted by atomic mass is 35.5. The Kier molecular flexibility index (Phi) is 3.82. The van der Waals surface area contributed by atoms with Crippen LogP contribution in [-0.2, 0) is 10.0 Å². The Morgan fingerprint density at radius 3 is 2.65 bits per heavy atom. The minimum absolute atomic E-state index is 0.287. The monoisotopic (exact) mass is 316 g/mol. The third kappa shape index (κ3) is 2.99. The Hall–Kier alpha value is -1.87. The van der Waals surface area contributed by atoms with Crippen LogP contribution in [0.3, 0.4) is 0 Å². The molecule has 2 heterocycles. The summed E-state index contributed by atoms with van der Waals surface area (Å²) in [4.78, 5) is 8.16. The number of aryl methyl sites for hydroxylation is 1. The largest absolute Gasteiger partial charge is 0.372 e. The molecule has 0 aromatic carbocycles. The molecule has 20 heavy (non-hydrogen) atoms. The number of aromatic nitrogens is 4. The highest BCUT2D eigenvalue weighted by Crippen LogP contribution is 2.22. The van der Waals surface area contributed by atoms with Gasteiger partial charge in [0.1, 0.15) is 10.8 Å². The van der Waals surface area contributed by atoms with Crippen LogP contribution in [0.1, 0.15) is 5.69 Å². The second kappa shape index (κ2) is 5.25. The van der Waals surface area contributed by atoms with E-state index in [0.29, 0.717) is 22.2 Å². The number of hydrogen-bond donors (Lipinski definition) is 2. The fourth-order valence-electron chi connectivity index (χ4n) is 1.45. The van der Waals surface area contributed by atoms with Crippen molar-refractivity contribution in [3.8, 4) is 0 Å². The second-order valence-electron chi connectivity index (χ2n) is 4.03. The number of hydrogen-bond acceptors (Lipinski definition) is 7. The van der Waals surface area contributed by atoms with E-state index in [1.807, 2.05) is 0 Å². The van der Waals surface area contributed by atoms with E-state index < -0.39 is 10.0 Å². The van der Waals surface area contributed by atoms with Crippen LogP contribution in [0.2, 0.25) is 5.02 Å². The molecule has 0 fully saturated rings. The van der Waals surface area contributed by atoms with E-state index >= 15 is 0 Å². The topological polar surface area (TPSA) is 102 Å². The molecule has 0 unspecified atom stereocenters. The van der Waals surface area contributed by atoms with Crippen molar-refractivity contribution < 1.29 is 8.42 Å². The van der Waals surface area contributed by atoms with Gasteiger partial charge in [0.2, 0.25) is 5.95 Å². The molecule has 2 aromatic heterocycles. The summed E-state index contributed by atoms with van der Waals surface area (Å²) in [5, 5.41) is 10.0. The maximum atomic E-state index is 11.4. The molecule has 0 amide bonds. The fourth-order valence-corrected chi connectivity index (χ4v) is 2.20. The zero-order valence-electron chi connectivity index (χ0n) is 11.0. The van der Waals surface area contributed by atoms with Crippen LogP contribution >= 0.6 is 11.6 Å². The van der Waals surface area contributed by atoms with Crippen LogP contribution in [0, 0.1) is 6.92 Å². The van der Waals surface area contributed by atoms with E-state index in [-0.39, 0.29) is 5.95 Å². The molecule has 8 nitrogen and oxygen atoms in total. The average molecular weight is 317 g/mol. The normalized spacial score (nSPS) is 11.4. The quantitative estimate of drug-likeness (QED) is 0.874. The molecule has 108 valence electrons. The molecule has 2 rings (SSSR count).